The van der Waals surface area contributed by atoms with Gasteiger partial charge in [-0.1, -0.05) is 69.7 Å². The summed E-state index contributed by atoms with van der Waals surface area (Å²) >= 11 is 0. The summed E-state index contributed by atoms with van der Waals surface area (Å²) in [7, 11) is 0. The highest BCUT2D eigenvalue weighted by atomic mass is 19.1. The summed E-state index contributed by atoms with van der Waals surface area (Å²) in [5.41, 5.74) is 6.70. The number of carbonyl (C=O) groups excluding carboxylic acids is 4. The summed E-state index contributed by atoms with van der Waals surface area (Å²) in [5.74, 6) is -0.636. The summed E-state index contributed by atoms with van der Waals surface area (Å²) in [5, 5.41) is 8.51. The molecule has 0 bridgehead atoms. The van der Waals surface area contributed by atoms with Crippen LogP contribution in [0.25, 0.3) is 0 Å². The Kier molecular flexibility index (Phi) is 15.2. The maximum Gasteiger partial charge on any atom is 0.256 e. The lowest BCUT2D eigenvalue weighted by molar-refractivity contribution is -0.135. The van der Waals surface area contributed by atoms with Crippen LogP contribution in [0.15, 0.2) is 42.5 Å². The van der Waals surface area contributed by atoms with E-state index >= 15 is 0 Å². The van der Waals surface area contributed by atoms with Crippen LogP contribution in [0.3, 0.4) is 0 Å². The van der Waals surface area contributed by atoms with Crippen molar-refractivity contribution in [1.82, 2.24) is 19.6 Å². The van der Waals surface area contributed by atoms with Crippen molar-refractivity contribution in [2.45, 2.75) is 103 Å². The first-order valence-corrected chi connectivity index (χ1v) is 20.0. The number of ether oxygens (including phenoxy) is 1. The van der Waals surface area contributed by atoms with Gasteiger partial charge in [0.25, 0.3) is 5.91 Å². The van der Waals surface area contributed by atoms with E-state index in [0.717, 1.165) is 57.6 Å². The number of nitrogens with one attached hydrogen (secondary N) is 1. The van der Waals surface area contributed by atoms with Crippen molar-refractivity contribution in [3.8, 4) is 0 Å². The zero-order valence-corrected chi connectivity index (χ0v) is 32.1. The van der Waals surface area contributed by atoms with E-state index in [1.165, 1.54) is 56.7 Å². The third kappa shape index (κ3) is 11.2. The summed E-state index contributed by atoms with van der Waals surface area (Å²) in [6.45, 7) is 8.30. The largest absolute Gasteiger partial charge is 0.375 e. The maximum atomic E-state index is 14.8. The monoisotopic (exact) mass is 746 g/mol. The van der Waals surface area contributed by atoms with Crippen molar-refractivity contribution in [2.75, 3.05) is 52.4 Å². The Morgan fingerprint density at radius 2 is 1.50 bits per heavy atom. The second-order valence-electron chi connectivity index (χ2n) is 15.4. The van der Waals surface area contributed by atoms with Crippen LogP contribution in [0.4, 0.5) is 4.39 Å². The predicted molar refractivity (Wildman–Crippen MR) is 207 cm³/mol. The second kappa shape index (κ2) is 20.0. The molecule has 3 aliphatic heterocycles. The number of amides is 4. The number of nitrogens with two attached hydrogens (primary N) is 1. The van der Waals surface area contributed by atoms with Crippen LogP contribution in [0.1, 0.15) is 110 Å². The number of piperidine rings is 2. The number of primary amides is 1. The summed E-state index contributed by atoms with van der Waals surface area (Å²) < 4.78 is 21.2. The second-order valence-corrected chi connectivity index (χ2v) is 15.4. The van der Waals surface area contributed by atoms with Gasteiger partial charge in [0, 0.05) is 75.1 Å². The molecule has 294 valence electrons. The number of hydrogen-bond donors (Lipinski definition) is 2. The molecule has 4 aliphatic rings. The standard InChI is InChI=1S/C34H43FN6O5.C8H16/c1-23-18-26(10-13-41(23)22-42)46-25-8-11-38(12-9-25)21-32(43)39-14-16-40(17-15-39)34(45)29-19-24(6-7-30(29)35)20-31(36)27-4-2-3-5-28(27)33(37)44;1-2-8-6-4-3-5-7-8/h2-7,19,22-23,25-26,36H,8-18,20-21H2,1H3,(H2,37,44);8H,2-7H2,1H3. The van der Waals surface area contributed by atoms with Crippen molar-refractivity contribution in [1.29, 1.82) is 5.41 Å². The first-order valence-electron chi connectivity index (χ1n) is 20.0. The average molecular weight is 747 g/mol. The van der Waals surface area contributed by atoms with Crippen molar-refractivity contribution in [2.24, 2.45) is 11.7 Å². The summed E-state index contributed by atoms with van der Waals surface area (Å²) in [4.78, 5) is 56.6. The van der Waals surface area contributed by atoms with Crippen LogP contribution in [0, 0.1) is 17.1 Å². The molecule has 3 heterocycles. The summed E-state index contributed by atoms with van der Waals surface area (Å²) in [6, 6.07) is 11.0. The highest BCUT2D eigenvalue weighted by Crippen LogP contribution is 2.26. The number of hydrogen-bond acceptors (Lipinski definition) is 7. The van der Waals surface area contributed by atoms with Crippen LogP contribution in [0.5, 0.6) is 0 Å². The number of rotatable bonds is 11. The molecule has 0 aromatic heterocycles. The van der Waals surface area contributed by atoms with Crippen molar-refractivity contribution in [3.05, 3.63) is 70.5 Å². The Hall–Kier alpha value is -4.16. The Labute approximate surface area is 319 Å². The van der Waals surface area contributed by atoms with Gasteiger partial charge < -0.3 is 30.6 Å². The molecular formula is C42H59FN6O5. The number of carbonyl (C=O) groups is 4. The molecule has 4 amide bonds. The fourth-order valence-electron chi connectivity index (χ4n) is 8.23. The third-order valence-corrected chi connectivity index (χ3v) is 11.7. The first kappa shape index (κ1) is 41.0. The fourth-order valence-corrected chi connectivity index (χ4v) is 8.23. The average Bonchev–Trinajstić information content (AvgIpc) is 3.19. The molecular weight excluding hydrogens is 687 g/mol. The Bertz CT molecular complexity index is 1600. The van der Waals surface area contributed by atoms with E-state index in [9.17, 15) is 23.6 Å². The van der Waals surface area contributed by atoms with Gasteiger partial charge in [-0.25, -0.2) is 4.39 Å². The number of piperazine rings is 1. The predicted octanol–water partition coefficient (Wildman–Crippen LogP) is 5.29. The highest BCUT2D eigenvalue weighted by molar-refractivity contribution is 6.09. The number of likely N-dealkylation sites (tertiary alicyclic amines) is 2. The Balaban J connectivity index is 0.000000621. The molecule has 0 radical (unpaired) electrons. The van der Waals surface area contributed by atoms with Crippen LogP contribution >= 0.6 is 0 Å². The molecule has 2 unspecified atom stereocenters. The molecule has 11 nitrogen and oxygen atoms in total. The minimum atomic E-state index is -0.648. The smallest absolute Gasteiger partial charge is 0.256 e. The molecule has 54 heavy (non-hydrogen) atoms. The van der Waals surface area contributed by atoms with Gasteiger partial charge in [0.1, 0.15) is 5.82 Å². The molecule has 1 aliphatic carbocycles. The molecule has 0 spiro atoms. The molecule has 3 N–H and O–H groups in total. The summed E-state index contributed by atoms with van der Waals surface area (Å²) in [6.07, 6.45) is 13.7. The van der Waals surface area contributed by atoms with E-state index in [-0.39, 0.29) is 47.4 Å². The van der Waals surface area contributed by atoms with E-state index in [0.29, 0.717) is 43.9 Å². The maximum absolute atomic E-state index is 14.8. The fraction of sp³-hybridized carbons (Fsp3) is 0.595. The molecule has 3 saturated heterocycles. The highest BCUT2D eigenvalue weighted by Gasteiger charge is 2.31. The van der Waals surface area contributed by atoms with Gasteiger partial charge >= 0.3 is 0 Å². The van der Waals surface area contributed by atoms with E-state index in [1.54, 1.807) is 34.1 Å². The third-order valence-electron chi connectivity index (χ3n) is 11.7. The van der Waals surface area contributed by atoms with Gasteiger partial charge in [-0.3, -0.25) is 24.1 Å². The van der Waals surface area contributed by atoms with Crippen molar-refractivity contribution < 1.29 is 28.3 Å². The molecule has 6 rings (SSSR count). The van der Waals surface area contributed by atoms with Gasteiger partial charge in [0.2, 0.25) is 18.2 Å². The lowest BCUT2D eigenvalue weighted by Gasteiger charge is -2.39. The van der Waals surface area contributed by atoms with Gasteiger partial charge in [0.05, 0.1) is 24.3 Å². The number of nitrogens with zero attached hydrogens (tertiary/aromatic N) is 4. The lowest BCUT2D eigenvalue weighted by atomic mass is 9.88. The van der Waals surface area contributed by atoms with Gasteiger partial charge in [-0.2, -0.15) is 0 Å². The van der Waals surface area contributed by atoms with E-state index in [1.807, 2.05) is 4.90 Å². The lowest BCUT2D eigenvalue weighted by Crippen LogP contribution is -2.53. The molecule has 1 saturated carbocycles. The van der Waals surface area contributed by atoms with Crippen molar-refractivity contribution >= 4 is 29.8 Å². The van der Waals surface area contributed by atoms with Crippen LogP contribution < -0.4 is 5.73 Å². The van der Waals surface area contributed by atoms with Crippen LogP contribution in [-0.2, 0) is 20.7 Å². The molecule has 12 heteroatoms. The zero-order chi connectivity index (χ0) is 38.6. The normalized spacial score (nSPS) is 21.6. The van der Waals surface area contributed by atoms with Crippen molar-refractivity contribution in [3.63, 3.8) is 0 Å². The van der Waals surface area contributed by atoms with Crippen LogP contribution in [-0.4, -0.2) is 120 Å². The Morgan fingerprint density at radius 3 is 2.11 bits per heavy atom. The van der Waals surface area contributed by atoms with Gasteiger partial charge in [-0.05, 0) is 62.3 Å². The number of benzene rings is 2. The molecule has 2 atom stereocenters. The van der Waals surface area contributed by atoms with Gasteiger partial charge in [0.15, 0.2) is 0 Å². The van der Waals surface area contributed by atoms with E-state index in [2.05, 4.69) is 18.7 Å². The first-order chi connectivity index (χ1) is 26.1. The minimum Gasteiger partial charge on any atom is -0.375 e. The Morgan fingerprint density at radius 1 is 0.852 bits per heavy atom. The van der Waals surface area contributed by atoms with Crippen LogP contribution in [0.2, 0.25) is 0 Å². The molecule has 4 fully saturated rings. The van der Waals surface area contributed by atoms with Gasteiger partial charge in [-0.15, -0.1) is 0 Å². The minimum absolute atomic E-state index is 0.0180. The molecule has 2 aromatic rings. The van der Waals surface area contributed by atoms with E-state index < -0.39 is 17.6 Å². The molecule has 2 aromatic carbocycles. The van der Waals surface area contributed by atoms with E-state index in [4.69, 9.17) is 15.9 Å². The zero-order valence-electron chi connectivity index (χ0n) is 32.1. The SMILES string of the molecule is CC1CC(OC2CCN(CC(=O)N3CCN(C(=O)c4cc(CC(=N)c5ccccc5C(N)=O)ccc4F)CC3)CC2)CCN1C=O.CCC1CCCCC1. The quantitative estimate of drug-likeness (QED) is 0.237. The number of halogens is 1. The topological polar surface area (TPSA) is 140 Å².